The normalized spacial score (nSPS) is 13.0. The SMILES string of the molecule is C=Cc1cccc(C(C)CC)c1/C=C\C. The highest BCUT2D eigenvalue weighted by molar-refractivity contribution is 5.67. The van der Waals surface area contributed by atoms with Crippen molar-refractivity contribution in [2.45, 2.75) is 33.1 Å². The third-order valence-electron chi connectivity index (χ3n) is 2.87. The molecule has 0 heterocycles. The topological polar surface area (TPSA) is 0 Å². The maximum atomic E-state index is 3.87. The fraction of sp³-hybridized carbons (Fsp3) is 0.333. The van der Waals surface area contributed by atoms with Gasteiger partial charge in [-0.1, -0.05) is 56.9 Å². The predicted molar refractivity (Wildman–Crippen MR) is 69.9 cm³/mol. The van der Waals surface area contributed by atoms with Crippen molar-refractivity contribution in [3.05, 3.63) is 47.5 Å². The van der Waals surface area contributed by atoms with Gasteiger partial charge in [0.25, 0.3) is 0 Å². The van der Waals surface area contributed by atoms with Crippen molar-refractivity contribution in [2.75, 3.05) is 0 Å². The van der Waals surface area contributed by atoms with Crippen molar-refractivity contribution >= 4 is 12.2 Å². The number of rotatable bonds is 4. The average Bonchev–Trinajstić information content (AvgIpc) is 2.28. The zero-order valence-electron chi connectivity index (χ0n) is 9.96. The van der Waals surface area contributed by atoms with Gasteiger partial charge in [-0.15, -0.1) is 0 Å². The van der Waals surface area contributed by atoms with Crippen LogP contribution < -0.4 is 0 Å². The molecule has 0 N–H and O–H groups in total. The van der Waals surface area contributed by atoms with Crippen LogP contribution in [0.5, 0.6) is 0 Å². The molecular formula is C15H20. The molecule has 0 aliphatic rings. The Bertz CT molecular complexity index is 358. The van der Waals surface area contributed by atoms with Crippen molar-refractivity contribution in [3.8, 4) is 0 Å². The summed E-state index contributed by atoms with van der Waals surface area (Å²) in [7, 11) is 0. The van der Waals surface area contributed by atoms with Gasteiger partial charge in [0, 0.05) is 0 Å². The molecule has 1 atom stereocenters. The van der Waals surface area contributed by atoms with E-state index in [4.69, 9.17) is 0 Å². The Morgan fingerprint density at radius 3 is 2.67 bits per heavy atom. The van der Waals surface area contributed by atoms with E-state index in [-0.39, 0.29) is 0 Å². The Labute approximate surface area is 93.3 Å². The Kier molecular flexibility index (Phi) is 4.36. The molecule has 1 aromatic rings. The number of benzene rings is 1. The Morgan fingerprint density at radius 1 is 1.40 bits per heavy atom. The molecule has 0 aliphatic carbocycles. The van der Waals surface area contributed by atoms with Gasteiger partial charge in [-0.25, -0.2) is 0 Å². The van der Waals surface area contributed by atoms with Gasteiger partial charge in [0.05, 0.1) is 0 Å². The smallest absolute Gasteiger partial charge is 0.0153 e. The molecule has 0 aliphatic heterocycles. The standard InChI is InChI=1S/C15H20/c1-5-9-15-13(7-3)10-8-11-14(15)12(4)6-2/h5,7-12H,3,6H2,1-2,4H3/b9-5-. The van der Waals surface area contributed by atoms with Crippen LogP contribution in [0.2, 0.25) is 0 Å². The Balaban J connectivity index is 3.30. The third-order valence-corrected chi connectivity index (χ3v) is 2.87. The Hall–Kier alpha value is -1.30. The third kappa shape index (κ3) is 2.59. The average molecular weight is 200 g/mol. The van der Waals surface area contributed by atoms with E-state index >= 15 is 0 Å². The number of allylic oxidation sites excluding steroid dienone is 1. The largest absolute Gasteiger partial charge is 0.0984 e. The maximum Gasteiger partial charge on any atom is -0.0153 e. The van der Waals surface area contributed by atoms with Crippen molar-refractivity contribution in [3.63, 3.8) is 0 Å². The second-order valence-corrected chi connectivity index (χ2v) is 3.86. The van der Waals surface area contributed by atoms with E-state index in [2.05, 4.69) is 57.7 Å². The first-order valence-corrected chi connectivity index (χ1v) is 5.62. The molecule has 15 heavy (non-hydrogen) atoms. The zero-order valence-corrected chi connectivity index (χ0v) is 9.96. The molecule has 80 valence electrons. The number of hydrogen-bond acceptors (Lipinski definition) is 0. The highest BCUT2D eigenvalue weighted by atomic mass is 14.1. The van der Waals surface area contributed by atoms with Crippen LogP contribution in [0.15, 0.2) is 30.9 Å². The molecule has 0 fully saturated rings. The monoisotopic (exact) mass is 200 g/mol. The van der Waals surface area contributed by atoms with Crippen LogP contribution in [0.4, 0.5) is 0 Å². The van der Waals surface area contributed by atoms with Gasteiger partial charge < -0.3 is 0 Å². The van der Waals surface area contributed by atoms with Crippen LogP contribution in [-0.2, 0) is 0 Å². The van der Waals surface area contributed by atoms with Crippen LogP contribution in [0.1, 0.15) is 49.8 Å². The summed E-state index contributed by atoms with van der Waals surface area (Å²) in [5.41, 5.74) is 3.98. The molecule has 1 unspecified atom stereocenters. The molecular weight excluding hydrogens is 180 g/mol. The van der Waals surface area contributed by atoms with E-state index in [0.29, 0.717) is 5.92 Å². The lowest BCUT2D eigenvalue weighted by Crippen LogP contribution is -1.96. The van der Waals surface area contributed by atoms with Gasteiger partial charge >= 0.3 is 0 Å². The molecule has 0 aromatic heterocycles. The fourth-order valence-electron chi connectivity index (χ4n) is 1.79. The second-order valence-electron chi connectivity index (χ2n) is 3.86. The summed E-state index contributed by atoms with van der Waals surface area (Å²) in [6.07, 6.45) is 7.37. The minimum atomic E-state index is 0.607. The highest BCUT2D eigenvalue weighted by Gasteiger charge is 2.08. The van der Waals surface area contributed by atoms with Crippen LogP contribution in [-0.4, -0.2) is 0 Å². The quantitative estimate of drug-likeness (QED) is 0.650. The molecule has 0 bridgehead atoms. The van der Waals surface area contributed by atoms with Gasteiger partial charge in [-0.2, -0.15) is 0 Å². The lowest BCUT2D eigenvalue weighted by atomic mass is 9.90. The first kappa shape index (κ1) is 11.8. The van der Waals surface area contributed by atoms with E-state index in [0.717, 1.165) is 0 Å². The first-order chi connectivity index (χ1) is 7.24. The van der Waals surface area contributed by atoms with Gasteiger partial charge in [0.2, 0.25) is 0 Å². The minimum absolute atomic E-state index is 0.607. The fourth-order valence-corrected chi connectivity index (χ4v) is 1.79. The molecule has 1 aromatic carbocycles. The summed E-state index contributed by atoms with van der Waals surface area (Å²) < 4.78 is 0. The van der Waals surface area contributed by atoms with E-state index in [1.807, 2.05) is 6.08 Å². The summed E-state index contributed by atoms with van der Waals surface area (Å²) in [5.74, 6) is 0.607. The molecule has 1 rings (SSSR count). The van der Waals surface area contributed by atoms with Crippen molar-refractivity contribution in [2.24, 2.45) is 0 Å². The van der Waals surface area contributed by atoms with Gasteiger partial charge in [-0.05, 0) is 36.0 Å². The summed E-state index contributed by atoms with van der Waals surface area (Å²) >= 11 is 0. The summed E-state index contributed by atoms with van der Waals surface area (Å²) in [6, 6.07) is 6.45. The molecule has 0 amide bonds. The van der Waals surface area contributed by atoms with E-state index in [1.54, 1.807) is 0 Å². The molecule has 0 nitrogen and oxygen atoms in total. The van der Waals surface area contributed by atoms with Crippen molar-refractivity contribution in [1.29, 1.82) is 0 Å². The Morgan fingerprint density at radius 2 is 2.13 bits per heavy atom. The van der Waals surface area contributed by atoms with Crippen LogP contribution in [0.25, 0.3) is 12.2 Å². The summed E-state index contributed by atoms with van der Waals surface area (Å²) in [6.45, 7) is 10.4. The lowest BCUT2D eigenvalue weighted by Gasteiger charge is -2.14. The molecule has 0 spiro atoms. The van der Waals surface area contributed by atoms with E-state index < -0.39 is 0 Å². The summed E-state index contributed by atoms with van der Waals surface area (Å²) in [4.78, 5) is 0. The lowest BCUT2D eigenvalue weighted by molar-refractivity contribution is 0.732. The second kappa shape index (κ2) is 5.55. The zero-order chi connectivity index (χ0) is 11.3. The van der Waals surface area contributed by atoms with Gasteiger partial charge in [0.1, 0.15) is 0 Å². The van der Waals surface area contributed by atoms with Crippen LogP contribution in [0, 0.1) is 0 Å². The van der Waals surface area contributed by atoms with Crippen molar-refractivity contribution < 1.29 is 0 Å². The summed E-state index contributed by atoms with van der Waals surface area (Å²) in [5, 5.41) is 0. The molecule has 0 radical (unpaired) electrons. The van der Waals surface area contributed by atoms with E-state index in [1.165, 1.54) is 23.1 Å². The van der Waals surface area contributed by atoms with Crippen LogP contribution in [0.3, 0.4) is 0 Å². The predicted octanol–water partition coefficient (Wildman–Crippen LogP) is 4.88. The minimum Gasteiger partial charge on any atom is -0.0984 e. The molecule has 0 saturated carbocycles. The number of hydrogen-bond donors (Lipinski definition) is 0. The molecule has 0 heteroatoms. The van der Waals surface area contributed by atoms with E-state index in [9.17, 15) is 0 Å². The van der Waals surface area contributed by atoms with Gasteiger partial charge in [-0.3, -0.25) is 0 Å². The van der Waals surface area contributed by atoms with Crippen LogP contribution >= 0.6 is 0 Å². The molecule has 0 saturated heterocycles. The van der Waals surface area contributed by atoms with Gasteiger partial charge in [0.15, 0.2) is 0 Å². The first-order valence-electron chi connectivity index (χ1n) is 5.62. The van der Waals surface area contributed by atoms with Crippen molar-refractivity contribution in [1.82, 2.24) is 0 Å². The highest BCUT2D eigenvalue weighted by Crippen LogP contribution is 2.27. The maximum absolute atomic E-state index is 3.87.